The molecule has 1 unspecified atom stereocenters. The summed E-state index contributed by atoms with van der Waals surface area (Å²) in [6, 6.07) is 0. The van der Waals surface area contributed by atoms with Crippen molar-refractivity contribution in [1.29, 1.82) is 0 Å². The summed E-state index contributed by atoms with van der Waals surface area (Å²) in [7, 11) is 0. The monoisotopic (exact) mass is 184 g/mol. The van der Waals surface area contributed by atoms with Gasteiger partial charge in [0.05, 0.1) is 5.60 Å². The Kier molecular flexibility index (Phi) is 4.24. The van der Waals surface area contributed by atoms with E-state index in [-0.39, 0.29) is 5.60 Å². The van der Waals surface area contributed by atoms with Crippen LogP contribution in [0.2, 0.25) is 0 Å². The van der Waals surface area contributed by atoms with Crippen LogP contribution < -0.4 is 0 Å². The Hall–Kier alpha value is -0.0400. The average Bonchev–Trinajstić information content (AvgIpc) is 2.86. The zero-order chi connectivity index (χ0) is 9.73. The van der Waals surface area contributed by atoms with Crippen LogP contribution in [-0.4, -0.2) is 10.7 Å². The van der Waals surface area contributed by atoms with E-state index in [0.29, 0.717) is 5.92 Å². The molecule has 1 heteroatoms. The van der Waals surface area contributed by atoms with E-state index in [1.54, 1.807) is 0 Å². The summed E-state index contributed by atoms with van der Waals surface area (Å²) in [6.07, 6.45) is 10.0. The van der Waals surface area contributed by atoms with Crippen molar-refractivity contribution in [2.45, 2.75) is 70.8 Å². The molecule has 0 aliphatic heterocycles. The molecule has 0 aromatic heterocycles. The largest absolute Gasteiger partial charge is 0.390 e. The number of hydrogen-bond acceptors (Lipinski definition) is 1. The van der Waals surface area contributed by atoms with Crippen LogP contribution in [0.15, 0.2) is 0 Å². The molecule has 78 valence electrons. The van der Waals surface area contributed by atoms with Gasteiger partial charge in [0.2, 0.25) is 0 Å². The van der Waals surface area contributed by atoms with E-state index in [1.807, 2.05) is 6.92 Å². The Labute approximate surface area is 82.5 Å². The molecule has 1 saturated carbocycles. The molecule has 1 N–H and O–H groups in total. The molecule has 0 heterocycles. The van der Waals surface area contributed by atoms with Gasteiger partial charge in [0, 0.05) is 0 Å². The highest BCUT2D eigenvalue weighted by Gasteiger charge is 2.38. The van der Waals surface area contributed by atoms with Gasteiger partial charge in [-0.25, -0.2) is 0 Å². The van der Waals surface area contributed by atoms with Gasteiger partial charge >= 0.3 is 0 Å². The van der Waals surface area contributed by atoms with Gasteiger partial charge in [0.25, 0.3) is 0 Å². The van der Waals surface area contributed by atoms with Crippen molar-refractivity contribution in [3.63, 3.8) is 0 Å². The topological polar surface area (TPSA) is 20.2 Å². The molecule has 0 radical (unpaired) electrons. The Bertz CT molecular complexity index is 136. The zero-order valence-electron chi connectivity index (χ0n) is 9.18. The molecule has 13 heavy (non-hydrogen) atoms. The van der Waals surface area contributed by atoms with Crippen molar-refractivity contribution >= 4 is 0 Å². The highest BCUT2D eigenvalue weighted by Crippen LogP contribution is 2.41. The lowest BCUT2D eigenvalue weighted by Gasteiger charge is -2.22. The first kappa shape index (κ1) is 11.0. The Morgan fingerprint density at radius 1 is 1.15 bits per heavy atom. The van der Waals surface area contributed by atoms with Crippen molar-refractivity contribution in [1.82, 2.24) is 0 Å². The van der Waals surface area contributed by atoms with E-state index in [1.165, 1.54) is 44.9 Å². The van der Waals surface area contributed by atoms with Gasteiger partial charge in [-0.3, -0.25) is 0 Å². The van der Waals surface area contributed by atoms with E-state index < -0.39 is 0 Å². The second kappa shape index (κ2) is 4.99. The highest BCUT2D eigenvalue weighted by atomic mass is 16.3. The maximum absolute atomic E-state index is 10.0. The molecule has 0 bridgehead atoms. The highest BCUT2D eigenvalue weighted by molar-refractivity contribution is 4.90. The number of aliphatic hydroxyl groups is 1. The minimum absolute atomic E-state index is 0.341. The van der Waals surface area contributed by atoms with Crippen LogP contribution >= 0.6 is 0 Å². The normalized spacial score (nSPS) is 21.5. The van der Waals surface area contributed by atoms with Gasteiger partial charge < -0.3 is 5.11 Å². The predicted molar refractivity (Wildman–Crippen MR) is 56.7 cm³/mol. The Balaban J connectivity index is 1.97. The SMILES string of the molecule is CCCCCCCC(C)(O)C1CC1. The lowest BCUT2D eigenvalue weighted by atomic mass is 9.93. The second-order valence-corrected chi connectivity index (χ2v) is 4.80. The van der Waals surface area contributed by atoms with Gasteiger partial charge in [-0.05, 0) is 32.1 Å². The van der Waals surface area contributed by atoms with Crippen LogP contribution in [0.5, 0.6) is 0 Å². The lowest BCUT2D eigenvalue weighted by molar-refractivity contribution is 0.0255. The molecule has 1 atom stereocenters. The molecule has 1 aliphatic rings. The number of rotatable bonds is 7. The molecule has 0 aromatic carbocycles. The molecule has 0 saturated heterocycles. The first-order chi connectivity index (χ1) is 6.17. The van der Waals surface area contributed by atoms with E-state index in [2.05, 4.69) is 6.92 Å². The van der Waals surface area contributed by atoms with Crippen molar-refractivity contribution < 1.29 is 5.11 Å². The third kappa shape index (κ3) is 4.12. The van der Waals surface area contributed by atoms with Gasteiger partial charge in [-0.1, -0.05) is 39.0 Å². The minimum Gasteiger partial charge on any atom is -0.390 e. The Morgan fingerprint density at radius 3 is 2.31 bits per heavy atom. The van der Waals surface area contributed by atoms with Gasteiger partial charge in [0.15, 0.2) is 0 Å². The molecular formula is C12H24O. The predicted octanol–water partition coefficient (Wildman–Crippen LogP) is 3.51. The average molecular weight is 184 g/mol. The van der Waals surface area contributed by atoms with E-state index >= 15 is 0 Å². The van der Waals surface area contributed by atoms with Gasteiger partial charge in [-0.2, -0.15) is 0 Å². The van der Waals surface area contributed by atoms with Crippen molar-refractivity contribution in [3.05, 3.63) is 0 Å². The third-order valence-electron chi connectivity index (χ3n) is 3.24. The molecule has 1 nitrogen and oxygen atoms in total. The van der Waals surface area contributed by atoms with Crippen molar-refractivity contribution in [2.24, 2.45) is 5.92 Å². The van der Waals surface area contributed by atoms with Crippen LogP contribution in [0.3, 0.4) is 0 Å². The second-order valence-electron chi connectivity index (χ2n) is 4.80. The fourth-order valence-corrected chi connectivity index (χ4v) is 2.00. The molecule has 0 aromatic rings. The van der Waals surface area contributed by atoms with E-state index in [9.17, 15) is 5.11 Å². The molecule has 1 fully saturated rings. The summed E-state index contributed by atoms with van der Waals surface area (Å²) >= 11 is 0. The third-order valence-corrected chi connectivity index (χ3v) is 3.24. The maximum Gasteiger partial charge on any atom is 0.0647 e. The van der Waals surface area contributed by atoms with Crippen LogP contribution in [0, 0.1) is 5.92 Å². The lowest BCUT2D eigenvalue weighted by Crippen LogP contribution is -2.26. The standard InChI is InChI=1S/C12H24O/c1-3-4-5-6-7-10-12(2,13)11-8-9-11/h11,13H,3-10H2,1-2H3. The quantitative estimate of drug-likeness (QED) is 0.600. The summed E-state index contributed by atoms with van der Waals surface area (Å²) in [6.45, 7) is 4.25. The fraction of sp³-hybridized carbons (Fsp3) is 1.00. The number of hydrogen-bond donors (Lipinski definition) is 1. The summed E-state index contributed by atoms with van der Waals surface area (Å²) in [5.41, 5.74) is -0.341. The first-order valence-corrected chi connectivity index (χ1v) is 5.89. The van der Waals surface area contributed by atoms with Crippen LogP contribution in [0.1, 0.15) is 65.2 Å². The van der Waals surface area contributed by atoms with E-state index in [0.717, 1.165) is 6.42 Å². The molecule has 0 spiro atoms. The van der Waals surface area contributed by atoms with E-state index in [4.69, 9.17) is 0 Å². The van der Waals surface area contributed by atoms with Crippen molar-refractivity contribution in [2.75, 3.05) is 0 Å². The fourth-order valence-electron chi connectivity index (χ4n) is 2.00. The smallest absolute Gasteiger partial charge is 0.0647 e. The first-order valence-electron chi connectivity index (χ1n) is 5.89. The van der Waals surface area contributed by atoms with Crippen LogP contribution in [-0.2, 0) is 0 Å². The number of unbranched alkanes of at least 4 members (excludes halogenated alkanes) is 4. The maximum atomic E-state index is 10.0. The van der Waals surface area contributed by atoms with Crippen LogP contribution in [0.25, 0.3) is 0 Å². The van der Waals surface area contributed by atoms with Crippen molar-refractivity contribution in [3.8, 4) is 0 Å². The van der Waals surface area contributed by atoms with Gasteiger partial charge in [-0.15, -0.1) is 0 Å². The molecule has 1 aliphatic carbocycles. The Morgan fingerprint density at radius 2 is 1.77 bits per heavy atom. The summed E-state index contributed by atoms with van der Waals surface area (Å²) in [5, 5.41) is 10.0. The zero-order valence-corrected chi connectivity index (χ0v) is 9.18. The molecular weight excluding hydrogens is 160 g/mol. The minimum atomic E-state index is -0.341. The van der Waals surface area contributed by atoms with Crippen LogP contribution in [0.4, 0.5) is 0 Å². The molecule has 0 amide bonds. The summed E-state index contributed by atoms with van der Waals surface area (Å²) in [4.78, 5) is 0. The summed E-state index contributed by atoms with van der Waals surface area (Å²) in [5.74, 6) is 0.624. The summed E-state index contributed by atoms with van der Waals surface area (Å²) < 4.78 is 0. The van der Waals surface area contributed by atoms with Gasteiger partial charge in [0.1, 0.15) is 0 Å². The molecule has 1 rings (SSSR count).